The third kappa shape index (κ3) is 2.17. The predicted molar refractivity (Wildman–Crippen MR) is 65.7 cm³/mol. The van der Waals surface area contributed by atoms with Gasteiger partial charge in [-0.3, -0.25) is 4.57 Å². The number of nitriles is 2. The van der Waals surface area contributed by atoms with E-state index in [0.717, 1.165) is 0 Å². The maximum atomic E-state index is 13.8. The molecule has 2 rings (SSSR count). The van der Waals surface area contributed by atoms with Gasteiger partial charge in [0.05, 0.1) is 5.69 Å². The lowest BCUT2D eigenvalue weighted by Gasteiger charge is -2.11. The van der Waals surface area contributed by atoms with Crippen molar-refractivity contribution in [3.05, 3.63) is 47.3 Å². The Morgan fingerprint density at radius 2 is 2.16 bits per heavy atom. The lowest BCUT2D eigenvalue weighted by molar-refractivity contribution is 0.598. The number of benzene rings is 1. The Kier molecular flexibility index (Phi) is 3.56. The number of aromatic nitrogens is 2. The fraction of sp³-hybridized carbons (Fsp3) is 0.154. The summed E-state index contributed by atoms with van der Waals surface area (Å²) >= 11 is 0. The van der Waals surface area contributed by atoms with Crippen LogP contribution in [0.3, 0.4) is 0 Å². The molecular formula is C13H10FN5. The number of imidazole rings is 1. The summed E-state index contributed by atoms with van der Waals surface area (Å²) in [6.45, 7) is 0.312. The maximum absolute atomic E-state index is 13.8. The Balaban J connectivity index is 2.67. The van der Waals surface area contributed by atoms with Gasteiger partial charge in [0, 0.05) is 12.1 Å². The maximum Gasteiger partial charge on any atom is 0.177 e. The van der Waals surface area contributed by atoms with Crippen molar-refractivity contribution in [1.82, 2.24) is 14.9 Å². The van der Waals surface area contributed by atoms with Gasteiger partial charge in [0.25, 0.3) is 0 Å². The number of hydrogen-bond acceptors (Lipinski definition) is 4. The highest BCUT2D eigenvalue weighted by atomic mass is 19.1. The van der Waals surface area contributed by atoms with Crippen molar-refractivity contribution in [3.63, 3.8) is 0 Å². The third-order valence-electron chi connectivity index (χ3n) is 2.69. The molecule has 5 nitrogen and oxygen atoms in total. The Hall–Kier alpha value is -2.70. The zero-order chi connectivity index (χ0) is 13.8. The molecule has 0 aliphatic carbocycles. The average molecular weight is 255 g/mol. The van der Waals surface area contributed by atoms with Crippen LogP contribution in [-0.2, 0) is 6.54 Å². The fourth-order valence-corrected chi connectivity index (χ4v) is 1.84. The van der Waals surface area contributed by atoms with Gasteiger partial charge in [-0.1, -0.05) is 6.07 Å². The zero-order valence-corrected chi connectivity index (χ0v) is 10.2. The number of nitrogens with one attached hydrogen (secondary N) is 1. The van der Waals surface area contributed by atoms with Crippen LogP contribution in [0.15, 0.2) is 24.5 Å². The van der Waals surface area contributed by atoms with Crippen LogP contribution in [0.25, 0.3) is 5.69 Å². The molecule has 19 heavy (non-hydrogen) atoms. The van der Waals surface area contributed by atoms with Crippen LogP contribution in [0.2, 0.25) is 0 Å². The highest BCUT2D eigenvalue weighted by molar-refractivity contribution is 5.48. The number of halogens is 1. The van der Waals surface area contributed by atoms with Crippen LogP contribution < -0.4 is 5.32 Å². The van der Waals surface area contributed by atoms with E-state index in [4.69, 9.17) is 10.5 Å². The topological polar surface area (TPSA) is 77.4 Å². The van der Waals surface area contributed by atoms with E-state index in [9.17, 15) is 4.39 Å². The minimum absolute atomic E-state index is 0.0298. The summed E-state index contributed by atoms with van der Waals surface area (Å²) in [7, 11) is 1.70. The van der Waals surface area contributed by atoms with Crippen molar-refractivity contribution in [2.75, 3.05) is 7.05 Å². The lowest BCUT2D eigenvalue weighted by Crippen LogP contribution is -2.11. The van der Waals surface area contributed by atoms with Crippen LogP contribution in [0.5, 0.6) is 0 Å². The van der Waals surface area contributed by atoms with Crippen molar-refractivity contribution >= 4 is 0 Å². The van der Waals surface area contributed by atoms with Gasteiger partial charge in [0.15, 0.2) is 11.4 Å². The summed E-state index contributed by atoms with van der Waals surface area (Å²) in [5, 5.41) is 20.8. The minimum atomic E-state index is -0.372. The lowest BCUT2D eigenvalue weighted by atomic mass is 10.1. The van der Waals surface area contributed by atoms with Crippen LogP contribution >= 0.6 is 0 Å². The smallest absolute Gasteiger partial charge is 0.177 e. The molecule has 0 bridgehead atoms. The first-order valence-electron chi connectivity index (χ1n) is 5.52. The summed E-state index contributed by atoms with van der Waals surface area (Å²) in [5.41, 5.74) is 1.05. The van der Waals surface area contributed by atoms with Gasteiger partial charge in [0.2, 0.25) is 0 Å². The van der Waals surface area contributed by atoms with Crippen molar-refractivity contribution < 1.29 is 4.39 Å². The Labute approximate surface area is 109 Å². The number of rotatable bonds is 3. The molecule has 0 aliphatic rings. The molecule has 6 heteroatoms. The minimum Gasteiger partial charge on any atom is -0.316 e. The van der Waals surface area contributed by atoms with Gasteiger partial charge in [0.1, 0.15) is 24.3 Å². The zero-order valence-electron chi connectivity index (χ0n) is 10.2. The van der Waals surface area contributed by atoms with Gasteiger partial charge in [-0.25, -0.2) is 9.37 Å². The molecule has 1 aromatic carbocycles. The number of nitrogens with zero attached hydrogens (tertiary/aromatic N) is 4. The van der Waals surface area contributed by atoms with E-state index >= 15 is 0 Å². The van der Waals surface area contributed by atoms with E-state index in [-0.39, 0.29) is 17.2 Å². The number of hydrogen-bond donors (Lipinski definition) is 1. The first kappa shape index (κ1) is 12.7. The standard InChI is InChI=1S/C13H10FN5/c1-17-7-9-10(14)3-2-4-12(9)19-8-18-11(5-15)13(19)6-16/h2-4,8,17H,7H2,1H3. The highest BCUT2D eigenvalue weighted by Crippen LogP contribution is 2.20. The quantitative estimate of drug-likeness (QED) is 0.901. The van der Waals surface area contributed by atoms with E-state index in [2.05, 4.69) is 10.3 Å². The second-order valence-corrected chi connectivity index (χ2v) is 3.80. The summed E-state index contributed by atoms with van der Waals surface area (Å²) in [5.74, 6) is -0.372. The van der Waals surface area contributed by atoms with Gasteiger partial charge in [-0.15, -0.1) is 0 Å². The first-order chi connectivity index (χ1) is 9.22. The summed E-state index contributed by atoms with van der Waals surface area (Å²) in [6, 6.07) is 8.34. The molecule has 0 amide bonds. The third-order valence-corrected chi connectivity index (χ3v) is 2.69. The summed E-state index contributed by atoms with van der Waals surface area (Å²) in [4.78, 5) is 3.85. The highest BCUT2D eigenvalue weighted by Gasteiger charge is 2.15. The molecule has 0 saturated heterocycles. The summed E-state index contributed by atoms with van der Waals surface area (Å²) in [6.07, 6.45) is 1.35. The summed E-state index contributed by atoms with van der Waals surface area (Å²) < 4.78 is 15.3. The Bertz CT molecular complexity index is 690. The molecule has 0 unspecified atom stereocenters. The van der Waals surface area contributed by atoms with Crippen LogP contribution in [0, 0.1) is 28.5 Å². The second-order valence-electron chi connectivity index (χ2n) is 3.80. The molecule has 0 fully saturated rings. The normalized spacial score (nSPS) is 9.89. The molecule has 0 spiro atoms. The SMILES string of the molecule is CNCc1c(F)cccc1-n1cnc(C#N)c1C#N. The van der Waals surface area contributed by atoms with Gasteiger partial charge in [-0.2, -0.15) is 10.5 Å². The van der Waals surface area contributed by atoms with Crippen molar-refractivity contribution in [1.29, 1.82) is 10.5 Å². The fourth-order valence-electron chi connectivity index (χ4n) is 1.84. The van der Waals surface area contributed by atoms with Gasteiger partial charge >= 0.3 is 0 Å². The molecule has 0 atom stereocenters. The molecule has 1 N–H and O–H groups in total. The van der Waals surface area contributed by atoms with Crippen LogP contribution in [0.1, 0.15) is 17.0 Å². The van der Waals surface area contributed by atoms with Crippen molar-refractivity contribution in [2.45, 2.75) is 6.54 Å². The van der Waals surface area contributed by atoms with E-state index in [0.29, 0.717) is 17.8 Å². The molecular weight excluding hydrogens is 245 g/mol. The first-order valence-corrected chi connectivity index (χ1v) is 5.52. The molecule has 0 radical (unpaired) electrons. The molecule has 2 aromatic rings. The van der Waals surface area contributed by atoms with E-state index in [1.165, 1.54) is 17.0 Å². The van der Waals surface area contributed by atoms with Crippen LogP contribution in [-0.4, -0.2) is 16.6 Å². The molecule has 1 aromatic heterocycles. The van der Waals surface area contributed by atoms with Gasteiger partial charge in [-0.05, 0) is 19.2 Å². The Morgan fingerprint density at radius 1 is 1.37 bits per heavy atom. The molecule has 1 heterocycles. The molecule has 0 saturated carbocycles. The molecule has 0 aliphatic heterocycles. The average Bonchev–Trinajstić information content (AvgIpc) is 2.84. The largest absolute Gasteiger partial charge is 0.316 e. The monoisotopic (exact) mass is 255 g/mol. The van der Waals surface area contributed by atoms with Crippen molar-refractivity contribution in [3.8, 4) is 17.8 Å². The second kappa shape index (κ2) is 5.30. The van der Waals surface area contributed by atoms with Gasteiger partial charge < -0.3 is 5.32 Å². The van der Waals surface area contributed by atoms with E-state index in [1.807, 2.05) is 12.1 Å². The molecule has 94 valence electrons. The van der Waals surface area contributed by atoms with Crippen LogP contribution in [0.4, 0.5) is 4.39 Å². The van der Waals surface area contributed by atoms with Crippen molar-refractivity contribution in [2.24, 2.45) is 0 Å². The predicted octanol–water partition coefficient (Wildman–Crippen LogP) is 1.47. The van der Waals surface area contributed by atoms with E-state index in [1.54, 1.807) is 19.2 Å². The Morgan fingerprint density at radius 3 is 2.79 bits per heavy atom. The van der Waals surface area contributed by atoms with E-state index < -0.39 is 0 Å².